The first-order chi connectivity index (χ1) is 16.2. The summed E-state index contributed by atoms with van der Waals surface area (Å²) in [4.78, 5) is 14.1. The summed E-state index contributed by atoms with van der Waals surface area (Å²) >= 11 is 5.84. The Hall–Kier alpha value is -2.81. The molecule has 0 saturated carbocycles. The molecule has 2 aliphatic rings. The van der Waals surface area contributed by atoms with Gasteiger partial charge in [-0.2, -0.15) is 0 Å². The Morgan fingerprint density at radius 3 is 2.70 bits per heavy atom. The molecule has 3 aromatic rings. The summed E-state index contributed by atoms with van der Waals surface area (Å²) < 4.78 is 7.66. The number of rotatable bonds is 7. The van der Waals surface area contributed by atoms with E-state index in [0.29, 0.717) is 0 Å². The summed E-state index contributed by atoms with van der Waals surface area (Å²) in [6, 6.07) is 14.5. The molecule has 5 heterocycles. The normalized spacial score (nSPS) is 21.4. The van der Waals surface area contributed by atoms with Crippen LogP contribution < -0.4 is 5.32 Å². The van der Waals surface area contributed by atoms with Crippen molar-refractivity contribution in [2.75, 3.05) is 39.4 Å². The Labute approximate surface area is 200 Å². The van der Waals surface area contributed by atoms with Gasteiger partial charge in [0, 0.05) is 50.5 Å². The third-order valence-corrected chi connectivity index (χ3v) is 6.75. The quantitative estimate of drug-likeness (QED) is 0.541. The molecule has 0 aliphatic carbocycles. The molecule has 33 heavy (non-hydrogen) atoms. The molecule has 1 N–H and O–H groups in total. The van der Waals surface area contributed by atoms with E-state index in [1.807, 2.05) is 24.5 Å². The highest BCUT2D eigenvalue weighted by Crippen LogP contribution is 2.39. The first-order valence-corrected chi connectivity index (χ1v) is 12.0. The lowest BCUT2D eigenvalue weighted by Gasteiger charge is -2.30. The molecule has 5 rings (SSSR count). The third-order valence-electron chi connectivity index (χ3n) is 6.40. The first-order valence-electron chi connectivity index (χ1n) is 11.6. The lowest BCUT2D eigenvalue weighted by atomic mass is 10.0. The zero-order valence-corrected chi connectivity index (χ0v) is 19.7. The van der Waals surface area contributed by atoms with Crippen LogP contribution >= 0.6 is 12.2 Å². The second-order valence-electron chi connectivity index (χ2n) is 8.62. The largest absolute Gasteiger partial charge is 0.379 e. The fourth-order valence-corrected chi connectivity index (χ4v) is 5.04. The van der Waals surface area contributed by atoms with Crippen molar-refractivity contribution in [3.05, 3.63) is 78.0 Å². The highest BCUT2D eigenvalue weighted by molar-refractivity contribution is 7.80. The van der Waals surface area contributed by atoms with E-state index in [4.69, 9.17) is 17.0 Å². The van der Waals surface area contributed by atoms with Gasteiger partial charge >= 0.3 is 0 Å². The minimum absolute atomic E-state index is 0.0233. The number of nitrogens with zero attached hydrogens (tertiary/aromatic N) is 5. The maximum absolute atomic E-state index is 5.84. The van der Waals surface area contributed by atoms with Crippen LogP contribution in [-0.2, 0) is 4.74 Å². The molecular formula is C25H30N6OS. The Morgan fingerprint density at radius 2 is 1.94 bits per heavy atom. The molecule has 0 spiro atoms. The molecule has 2 aliphatic heterocycles. The van der Waals surface area contributed by atoms with Crippen molar-refractivity contribution >= 4 is 17.3 Å². The number of nitrogens with one attached hydrogen (secondary N) is 1. The van der Waals surface area contributed by atoms with Crippen LogP contribution in [0.5, 0.6) is 0 Å². The Balaban J connectivity index is 1.44. The molecule has 0 amide bonds. The molecular weight excluding hydrogens is 432 g/mol. The number of thiocarbonyl (C=S) groups is 1. The molecule has 8 heteroatoms. The van der Waals surface area contributed by atoms with Gasteiger partial charge in [0.2, 0.25) is 0 Å². The summed E-state index contributed by atoms with van der Waals surface area (Å²) in [6.45, 7) is 7.64. The molecule has 0 aromatic carbocycles. The number of aromatic nitrogens is 3. The second-order valence-corrected chi connectivity index (χ2v) is 9.01. The molecule has 3 aromatic heterocycles. The number of hydrogen-bond acceptors (Lipinski definition) is 5. The van der Waals surface area contributed by atoms with Crippen LogP contribution in [-0.4, -0.2) is 68.8 Å². The predicted molar refractivity (Wildman–Crippen MR) is 132 cm³/mol. The molecule has 0 bridgehead atoms. The predicted octanol–water partition coefficient (Wildman–Crippen LogP) is 3.27. The van der Waals surface area contributed by atoms with Crippen molar-refractivity contribution in [1.29, 1.82) is 0 Å². The highest BCUT2D eigenvalue weighted by Gasteiger charge is 2.41. The second kappa shape index (κ2) is 9.99. The Kier molecular flexibility index (Phi) is 6.66. The fourth-order valence-electron chi connectivity index (χ4n) is 4.70. The molecule has 0 radical (unpaired) electrons. The SMILES string of the molecule is Cc1ccc(-n2cccc2[C@H]2[C@@H](c3ccccn3)NC(=S)N2CCCN2CCOCC2)nc1. The van der Waals surface area contributed by atoms with E-state index >= 15 is 0 Å². The van der Waals surface area contributed by atoms with Crippen LogP contribution in [0.2, 0.25) is 0 Å². The maximum atomic E-state index is 5.84. The van der Waals surface area contributed by atoms with E-state index in [2.05, 4.69) is 73.1 Å². The van der Waals surface area contributed by atoms with E-state index in [0.717, 1.165) is 73.7 Å². The summed E-state index contributed by atoms with van der Waals surface area (Å²) in [5, 5.41) is 4.34. The van der Waals surface area contributed by atoms with Gasteiger partial charge in [0.05, 0.1) is 31.0 Å². The van der Waals surface area contributed by atoms with Crippen molar-refractivity contribution in [3.63, 3.8) is 0 Å². The van der Waals surface area contributed by atoms with Gasteiger partial charge in [0.1, 0.15) is 5.82 Å². The van der Waals surface area contributed by atoms with Crippen LogP contribution in [0, 0.1) is 6.92 Å². The van der Waals surface area contributed by atoms with Crippen LogP contribution in [0.15, 0.2) is 61.1 Å². The molecule has 2 fully saturated rings. The number of aryl methyl sites for hydroxylation is 1. The van der Waals surface area contributed by atoms with Gasteiger partial charge < -0.3 is 19.5 Å². The van der Waals surface area contributed by atoms with Gasteiger partial charge in [-0.25, -0.2) is 4.98 Å². The minimum atomic E-state index is -0.0267. The molecule has 0 unspecified atom stereocenters. The summed E-state index contributed by atoms with van der Waals surface area (Å²) in [5.41, 5.74) is 3.29. The molecule has 7 nitrogen and oxygen atoms in total. The maximum Gasteiger partial charge on any atom is 0.170 e. The van der Waals surface area contributed by atoms with E-state index in [9.17, 15) is 0 Å². The van der Waals surface area contributed by atoms with Crippen molar-refractivity contribution in [1.82, 2.24) is 29.7 Å². The Bertz CT molecular complexity index is 1060. The standard InChI is InChI=1S/C25H30N6OS/c1-19-8-9-22(27-18-19)30-12-4-7-21(30)24-23(20-6-2-3-10-26-20)28-25(33)31(24)13-5-11-29-14-16-32-17-15-29/h2-4,6-10,12,18,23-24H,5,11,13-17H2,1H3,(H,28,33)/t23-,24+/m1/s1. The number of morpholine rings is 1. The summed E-state index contributed by atoms with van der Waals surface area (Å²) in [5.74, 6) is 0.909. The number of pyridine rings is 2. The Morgan fingerprint density at radius 1 is 1.06 bits per heavy atom. The van der Waals surface area contributed by atoms with E-state index in [1.165, 1.54) is 0 Å². The zero-order chi connectivity index (χ0) is 22.6. The highest BCUT2D eigenvalue weighted by atomic mass is 32.1. The smallest absolute Gasteiger partial charge is 0.170 e. The van der Waals surface area contributed by atoms with Crippen LogP contribution in [0.25, 0.3) is 5.82 Å². The fraction of sp³-hybridized carbons (Fsp3) is 0.400. The molecule has 2 atom stereocenters. The van der Waals surface area contributed by atoms with Crippen molar-refractivity contribution < 1.29 is 4.74 Å². The van der Waals surface area contributed by atoms with Crippen LogP contribution in [0.4, 0.5) is 0 Å². The lowest BCUT2D eigenvalue weighted by molar-refractivity contribution is 0.0365. The average molecular weight is 463 g/mol. The zero-order valence-electron chi connectivity index (χ0n) is 18.9. The van der Waals surface area contributed by atoms with Gasteiger partial charge in [-0.1, -0.05) is 12.1 Å². The van der Waals surface area contributed by atoms with Gasteiger partial charge in [-0.15, -0.1) is 0 Å². The van der Waals surface area contributed by atoms with E-state index < -0.39 is 0 Å². The minimum Gasteiger partial charge on any atom is -0.379 e. The monoisotopic (exact) mass is 462 g/mol. The molecule has 172 valence electrons. The summed E-state index contributed by atoms with van der Waals surface area (Å²) in [6.07, 6.45) is 6.87. The van der Waals surface area contributed by atoms with Gasteiger partial charge in [-0.3, -0.25) is 9.88 Å². The van der Waals surface area contributed by atoms with Gasteiger partial charge in [-0.05, 0) is 61.5 Å². The van der Waals surface area contributed by atoms with Crippen molar-refractivity contribution in [3.8, 4) is 5.82 Å². The van der Waals surface area contributed by atoms with Crippen molar-refractivity contribution in [2.24, 2.45) is 0 Å². The topological polar surface area (TPSA) is 58.5 Å². The van der Waals surface area contributed by atoms with Gasteiger partial charge in [0.15, 0.2) is 5.11 Å². The number of ether oxygens (including phenoxy) is 1. The molecule has 2 saturated heterocycles. The van der Waals surface area contributed by atoms with Gasteiger partial charge in [0.25, 0.3) is 0 Å². The third kappa shape index (κ3) is 4.78. The van der Waals surface area contributed by atoms with Crippen LogP contribution in [0.1, 0.15) is 35.5 Å². The first kappa shape index (κ1) is 22.0. The number of hydrogen-bond donors (Lipinski definition) is 1. The van der Waals surface area contributed by atoms with Crippen molar-refractivity contribution in [2.45, 2.75) is 25.4 Å². The van der Waals surface area contributed by atoms with E-state index in [1.54, 1.807) is 0 Å². The van der Waals surface area contributed by atoms with Crippen LogP contribution in [0.3, 0.4) is 0 Å². The van der Waals surface area contributed by atoms with E-state index in [-0.39, 0.29) is 12.1 Å². The summed E-state index contributed by atoms with van der Waals surface area (Å²) in [7, 11) is 0. The average Bonchev–Trinajstić information content (AvgIpc) is 3.45. The lowest BCUT2D eigenvalue weighted by Crippen LogP contribution is -2.39.